The maximum absolute atomic E-state index is 12.4. The van der Waals surface area contributed by atoms with Crippen LogP contribution in [0.5, 0.6) is 0 Å². The molecule has 1 aliphatic heterocycles. The average molecular weight is 465 g/mol. The Morgan fingerprint density at radius 3 is 2.74 bits per heavy atom. The summed E-state index contributed by atoms with van der Waals surface area (Å²) in [6.45, 7) is 3.45. The Labute approximate surface area is 187 Å². The summed E-state index contributed by atoms with van der Waals surface area (Å²) in [7, 11) is -3.26. The number of sulfone groups is 1. The molecule has 0 aliphatic carbocycles. The third kappa shape index (κ3) is 6.49. The maximum atomic E-state index is 12.4. The molecule has 1 amide bonds. The zero-order valence-electron chi connectivity index (χ0n) is 17.4. The summed E-state index contributed by atoms with van der Waals surface area (Å²) in [5.41, 5.74) is 1.13. The Balaban J connectivity index is 1.76. The predicted molar refractivity (Wildman–Crippen MR) is 120 cm³/mol. The van der Waals surface area contributed by atoms with Crippen molar-refractivity contribution in [2.45, 2.75) is 25.4 Å². The van der Waals surface area contributed by atoms with E-state index >= 15 is 0 Å². The summed E-state index contributed by atoms with van der Waals surface area (Å²) in [6, 6.07) is 7.19. The van der Waals surface area contributed by atoms with Gasteiger partial charge >= 0.3 is 0 Å². The highest BCUT2D eigenvalue weighted by Crippen LogP contribution is 2.33. The molecule has 0 radical (unpaired) electrons. The number of benzene rings is 1. The molecule has 1 N–H and O–H groups in total. The zero-order valence-corrected chi connectivity index (χ0v) is 18.9. The number of ether oxygens (including phenoxy) is 1. The topological polar surface area (TPSA) is 101 Å². The summed E-state index contributed by atoms with van der Waals surface area (Å²) in [5.74, 6) is 0.184. The van der Waals surface area contributed by atoms with E-state index in [2.05, 4.69) is 20.2 Å². The fraction of sp³-hybridized carbons (Fsp3) is 0.381. The van der Waals surface area contributed by atoms with Crippen LogP contribution in [0, 0.1) is 0 Å². The van der Waals surface area contributed by atoms with Crippen LogP contribution < -0.4 is 10.2 Å². The van der Waals surface area contributed by atoms with Gasteiger partial charge in [0, 0.05) is 35.9 Å². The predicted octanol–water partition coefficient (Wildman–Crippen LogP) is 2.77. The van der Waals surface area contributed by atoms with E-state index < -0.39 is 21.8 Å². The fourth-order valence-electron chi connectivity index (χ4n) is 3.29. The fourth-order valence-corrected chi connectivity index (χ4v) is 4.07. The van der Waals surface area contributed by atoms with Crippen LogP contribution in [-0.4, -0.2) is 56.3 Å². The van der Waals surface area contributed by atoms with Crippen molar-refractivity contribution < 1.29 is 17.9 Å². The van der Waals surface area contributed by atoms with Crippen LogP contribution in [-0.2, 0) is 14.6 Å². The molecule has 0 unspecified atom stereocenters. The van der Waals surface area contributed by atoms with Gasteiger partial charge in [-0.2, -0.15) is 0 Å². The van der Waals surface area contributed by atoms with E-state index in [1.54, 1.807) is 13.1 Å². The molecule has 10 heteroatoms. The molecular weight excluding hydrogens is 440 g/mol. The number of halogens is 1. The van der Waals surface area contributed by atoms with E-state index in [1.807, 2.05) is 24.3 Å². The standard InChI is InChI=1S/C21H25ClN4O4S/c1-15(8-12-31(2,28)29)25-21(27)18-13-24-20(14-23-18)26-9-11-30-10-7-19(26)16-5-3-4-6-17(16)22/h3-6,8,12-15,19H,7,9-11H2,1-2H3,(H,25,27)/b12-8+/t15-,19+/m1/s1. The molecule has 1 saturated heterocycles. The number of nitrogens with one attached hydrogen (secondary N) is 1. The van der Waals surface area contributed by atoms with Gasteiger partial charge in [0.2, 0.25) is 0 Å². The van der Waals surface area contributed by atoms with E-state index in [0.29, 0.717) is 30.6 Å². The SMILES string of the molecule is C[C@H](/C=C/S(C)(=O)=O)NC(=O)c1cnc(N2CCOCC[C@H]2c2ccccc2Cl)cn1. The lowest BCUT2D eigenvalue weighted by Gasteiger charge is -2.31. The highest BCUT2D eigenvalue weighted by molar-refractivity contribution is 7.93. The van der Waals surface area contributed by atoms with Crippen molar-refractivity contribution in [2.75, 3.05) is 30.9 Å². The second-order valence-electron chi connectivity index (χ2n) is 7.31. The zero-order chi connectivity index (χ0) is 22.4. The molecule has 2 atom stereocenters. The van der Waals surface area contributed by atoms with Gasteiger partial charge in [0.05, 0.1) is 25.0 Å². The molecule has 166 valence electrons. The largest absolute Gasteiger partial charge is 0.380 e. The van der Waals surface area contributed by atoms with Crippen LogP contribution in [0.1, 0.15) is 35.4 Å². The van der Waals surface area contributed by atoms with Crippen molar-refractivity contribution in [3.05, 3.63) is 64.4 Å². The van der Waals surface area contributed by atoms with E-state index in [9.17, 15) is 13.2 Å². The number of anilines is 1. The summed E-state index contributed by atoms with van der Waals surface area (Å²) >= 11 is 6.43. The second-order valence-corrected chi connectivity index (χ2v) is 9.65. The molecule has 0 bridgehead atoms. The van der Waals surface area contributed by atoms with Crippen molar-refractivity contribution >= 4 is 33.2 Å². The minimum atomic E-state index is -3.26. The lowest BCUT2D eigenvalue weighted by atomic mass is 10.0. The molecule has 2 heterocycles. The molecule has 1 aliphatic rings. The summed E-state index contributed by atoms with van der Waals surface area (Å²) < 4.78 is 28.1. The van der Waals surface area contributed by atoms with Gasteiger partial charge in [-0.05, 0) is 25.0 Å². The first-order valence-corrected chi connectivity index (χ1v) is 12.2. The first kappa shape index (κ1) is 23.2. The molecule has 1 fully saturated rings. The highest BCUT2D eigenvalue weighted by atomic mass is 35.5. The van der Waals surface area contributed by atoms with Crippen LogP contribution in [0.3, 0.4) is 0 Å². The van der Waals surface area contributed by atoms with E-state index in [4.69, 9.17) is 16.3 Å². The van der Waals surface area contributed by atoms with Crippen molar-refractivity contribution in [1.29, 1.82) is 0 Å². The third-order valence-electron chi connectivity index (χ3n) is 4.79. The summed E-state index contributed by atoms with van der Waals surface area (Å²) in [4.78, 5) is 23.2. The van der Waals surface area contributed by atoms with Crippen molar-refractivity contribution in [2.24, 2.45) is 0 Å². The van der Waals surface area contributed by atoms with Gasteiger partial charge in [-0.25, -0.2) is 18.4 Å². The molecule has 2 aromatic rings. The molecular formula is C21H25ClN4O4S. The monoisotopic (exact) mass is 464 g/mol. The second kappa shape index (κ2) is 10.2. The Morgan fingerprint density at radius 2 is 2.06 bits per heavy atom. The molecule has 1 aromatic carbocycles. The van der Waals surface area contributed by atoms with Gasteiger partial charge in [-0.15, -0.1) is 0 Å². The molecule has 0 spiro atoms. The average Bonchev–Trinajstić information content (AvgIpc) is 2.98. The van der Waals surface area contributed by atoms with Gasteiger partial charge in [0.25, 0.3) is 5.91 Å². The molecule has 1 aromatic heterocycles. The minimum Gasteiger partial charge on any atom is -0.380 e. The van der Waals surface area contributed by atoms with Crippen LogP contribution >= 0.6 is 11.6 Å². The van der Waals surface area contributed by atoms with E-state index in [0.717, 1.165) is 23.6 Å². The molecule has 3 rings (SSSR count). The number of nitrogens with zero attached hydrogens (tertiary/aromatic N) is 3. The van der Waals surface area contributed by atoms with Crippen LogP contribution in [0.4, 0.5) is 5.82 Å². The van der Waals surface area contributed by atoms with Gasteiger partial charge in [0.1, 0.15) is 11.5 Å². The first-order valence-electron chi connectivity index (χ1n) is 9.84. The Morgan fingerprint density at radius 1 is 1.29 bits per heavy atom. The Hall–Kier alpha value is -2.49. The number of amides is 1. The van der Waals surface area contributed by atoms with Crippen LogP contribution in [0.25, 0.3) is 0 Å². The third-order valence-corrected chi connectivity index (χ3v) is 5.79. The number of carbonyl (C=O) groups excluding carboxylic acids is 1. The molecule has 0 saturated carbocycles. The maximum Gasteiger partial charge on any atom is 0.271 e. The highest BCUT2D eigenvalue weighted by Gasteiger charge is 2.26. The number of carbonyl (C=O) groups is 1. The quantitative estimate of drug-likeness (QED) is 0.701. The number of hydrogen-bond acceptors (Lipinski definition) is 7. The minimum absolute atomic E-state index is 0.0219. The van der Waals surface area contributed by atoms with Crippen molar-refractivity contribution in [3.8, 4) is 0 Å². The van der Waals surface area contributed by atoms with Gasteiger partial charge < -0.3 is 15.0 Å². The van der Waals surface area contributed by atoms with E-state index in [-0.39, 0.29) is 11.7 Å². The van der Waals surface area contributed by atoms with Crippen LogP contribution in [0.15, 0.2) is 48.1 Å². The van der Waals surface area contributed by atoms with Gasteiger partial charge in [-0.3, -0.25) is 4.79 Å². The normalized spacial score (nSPS) is 18.5. The Kier molecular flexibility index (Phi) is 7.64. The molecule has 31 heavy (non-hydrogen) atoms. The van der Waals surface area contributed by atoms with Crippen molar-refractivity contribution in [3.63, 3.8) is 0 Å². The van der Waals surface area contributed by atoms with Gasteiger partial charge in [0.15, 0.2) is 9.84 Å². The first-order chi connectivity index (χ1) is 14.7. The van der Waals surface area contributed by atoms with E-state index in [1.165, 1.54) is 12.3 Å². The molecule has 8 nitrogen and oxygen atoms in total. The van der Waals surface area contributed by atoms with Crippen molar-refractivity contribution in [1.82, 2.24) is 15.3 Å². The van der Waals surface area contributed by atoms with Crippen LogP contribution in [0.2, 0.25) is 5.02 Å². The lowest BCUT2D eigenvalue weighted by molar-refractivity contribution is 0.0941. The summed E-state index contributed by atoms with van der Waals surface area (Å²) in [6.07, 6.45) is 6.21. The summed E-state index contributed by atoms with van der Waals surface area (Å²) in [5, 5.41) is 4.41. The number of rotatable bonds is 6. The van der Waals surface area contributed by atoms with Gasteiger partial charge in [-0.1, -0.05) is 35.9 Å². The number of aromatic nitrogens is 2. The lowest BCUT2D eigenvalue weighted by Crippen LogP contribution is -2.33. The number of hydrogen-bond donors (Lipinski definition) is 1. The Bertz CT molecular complexity index is 1040. The smallest absolute Gasteiger partial charge is 0.271 e.